The maximum Gasteiger partial charge on any atom is 0.0273 e. The Morgan fingerprint density at radius 2 is 0.861 bits per heavy atom. The summed E-state index contributed by atoms with van der Waals surface area (Å²) >= 11 is 0. The molecule has 0 fully saturated rings. The van der Waals surface area contributed by atoms with Gasteiger partial charge in [-0.05, 0) is 90.0 Å². The Kier molecular flexibility index (Phi) is 4.85. The van der Waals surface area contributed by atoms with E-state index in [1.165, 1.54) is 65.7 Å². The summed E-state index contributed by atoms with van der Waals surface area (Å²) in [5, 5.41) is 7.61. The molecule has 0 aliphatic carbocycles. The standard InChI is InChI=1S/C35H23N/c1-2-9-26-23-29(17-16-24(26)8-1)35-32-14-5-3-12-30(32)34(31-13-4-6-15-33(31)35)28-11-7-10-27(22-28)25-18-20-36-21-19-25/h1-23H. The molecule has 1 heterocycles. The number of nitrogens with zero attached hydrogens (tertiary/aromatic N) is 1. The molecule has 0 unspecified atom stereocenters. The van der Waals surface area contributed by atoms with Gasteiger partial charge in [0.1, 0.15) is 0 Å². The fourth-order valence-electron chi connectivity index (χ4n) is 5.49. The van der Waals surface area contributed by atoms with E-state index in [1.807, 2.05) is 12.4 Å². The molecular weight excluding hydrogens is 434 g/mol. The zero-order chi connectivity index (χ0) is 23.9. The van der Waals surface area contributed by atoms with Crippen molar-refractivity contribution in [1.29, 1.82) is 0 Å². The van der Waals surface area contributed by atoms with Crippen molar-refractivity contribution in [3.05, 3.63) is 140 Å². The topological polar surface area (TPSA) is 12.9 Å². The molecule has 0 spiro atoms. The molecule has 0 aliphatic heterocycles. The van der Waals surface area contributed by atoms with Crippen molar-refractivity contribution in [2.24, 2.45) is 0 Å². The molecule has 0 N–H and O–H groups in total. The Hall–Kier alpha value is -4.75. The molecule has 1 nitrogen and oxygen atoms in total. The minimum atomic E-state index is 1.17. The molecule has 1 heteroatoms. The van der Waals surface area contributed by atoms with Gasteiger partial charge in [0.15, 0.2) is 0 Å². The quantitative estimate of drug-likeness (QED) is 0.241. The first-order valence-electron chi connectivity index (χ1n) is 12.3. The fourth-order valence-corrected chi connectivity index (χ4v) is 5.49. The van der Waals surface area contributed by atoms with E-state index in [2.05, 4.69) is 132 Å². The van der Waals surface area contributed by atoms with Crippen LogP contribution in [0.1, 0.15) is 0 Å². The van der Waals surface area contributed by atoms with Gasteiger partial charge >= 0.3 is 0 Å². The molecule has 6 aromatic carbocycles. The molecule has 7 aromatic rings. The molecule has 168 valence electrons. The summed E-state index contributed by atoms with van der Waals surface area (Å²) in [6.07, 6.45) is 3.70. The van der Waals surface area contributed by atoms with Crippen LogP contribution in [0.3, 0.4) is 0 Å². The SMILES string of the molecule is c1cc(-c2ccncc2)cc(-c2c3ccccc3c(-c3ccc4ccccc4c3)c3ccccc23)c1. The van der Waals surface area contributed by atoms with Crippen molar-refractivity contribution >= 4 is 32.3 Å². The lowest BCUT2D eigenvalue weighted by atomic mass is 9.85. The molecule has 0 atom stereocenters. The van der Waals surface area contributed by atoms with Crippen molar-refractivity contribution in [2.75, 3.05) is 0 Å². The van der Waals surface area contributed by atoms with Gasteiger partial charge in [-0.2, -0.15) is 0 Å². The van der Waals surface area contributed by atoms with Crippen LogP contribution in [-0.4, -0.2) is 4.98 Å². The van der Waals surface area contributed by atoms with Gasteiger partial charge in [-0.1, -0.05) is 103 Å². The third-order valence-corrected chi connectivity index (χ3v) is 7.13. The highest BCUT2D eigenvalue weighted by molar-refractivity contribution is 6.21. The lowest BCUT2D eigenvalue weighted by molar-refractivity contribution is 1.33. The Morgan fingerprint density at radius 3 is 1.50 bits per heavy atom. The number of hydrogen-bond donors (Lipinski definition) is 0. The van der Waals surface area contributed by atoms with Crippen LogP contribution in [-0.2, 0) is 0 Å². The zero-order valence-corrected chi connectivity index (χ0v) is 19.7. The minimum Gasteiger partial charge on any atom is -0.265 e. The van der Waals surface area contributed by atoms with Crippen LogP contribution in [0.2, 0.25) is 0 Å². The van der Waals surface area contributed by atoms with Gasteiger partial charge in [0, 0.05) is 12.4 Å². The Morgan fingerprint density at radius 1 is 0.333 bits per heavy atom. The van der Waals surface area contributed by atoms with Gasteiger partial charge in [-0.15, -0.1) is 0 Å². The molecule has 7 rings (SSSR count). The van der Waals surface area contributed by atoms with Gasteiger partial charge in [-0.25, -0.2) is 0 Å². The van der Waals surface area contributed by atoms with Crippen LogP contribution < -0.4 is 0 Å². The van der Waals surface area contributed by atoms with Crippen molar-refractivity contribution in [3.63, 3.8) is 0 Å². The third kappa shape index (κ3) is 3.37. The first-order chi connectivity index (χ1) is 17.9. The van der Waals surface area contributed by atoms with Crippen LogP contribution in [0, 0.1) is 0 Å². The van der Waals surface area contributed by atoms with E-state index in [-0.39, 0.29) is 0 Å². The van der Waals surface area contributed by atoms with Crippen LogP contribution in [0.25, 0.3) is 65.7 Å². The second-order valence-corrected chi connectivity index (χ2v) is 9.22. The number of fused-ring (bicyclic) bond motifs is 3. The molecule has 0 aliphatic rings. The lowest BCUT2D eigenvalue weighted by Gasteiger charge is -2.18. The van der Waals surface area contributed by atoms with E-state index >= 15 is 0 Å². The van der Waals surface area contributed by atoms with Crippen molar-refractivity contribution in [1.82, 2.24) is 4.98 Å². The Bertz CT molecular complexity index is 1830. The zero-order valence-electron chi connectivity index (χ0n) is 19.7. The monoisotopic (exact) mass is 457 g/mol. The second kappa shape index (κ2) is 8.48. The number of benzene rings is 6. The van der Waals surface area contributed by atoms with Crippen LogP contribution in [0.15, 0.2) is 140 Å². The van der Waals surface area contributed by atoms with Gasteiger partial charge < -0.3 is 0 Å². The largest absolute Gasteiger partial charge is 0.265 e. The van der Waals surface area contributed by atoms with Crippen molar-refractivity contribution in [3.8, 4) is 33.4 Å². The van der Waals surface area contributed by atoms with E-state index in [4.69, 9.17) is 0 Å². The van der Waals surface area contributed by atoms with Crippen LogP contribution in [0.5, 0.6) is 0 Å². The maximum atomic E-state index is 4.19. The van der Waals surface area contributed by atoms with E-state index in [1.54, 1.807) is 0 Å². The summed E-state index contributed by atoms with van der Waals surface area (Å²) in [5.41, 5.74) is 7.41. The highest BCUT2D eigenvalue weighted by Gasteiger charge is 2.17. The minimum absolute atomic E-state index is 1.17. The first kappa shape index (κ1) is 20.6. The number of hydrogen-bond acceptors (Lipinski definition) is 1. The Labute approximate surface area is 210 Å². The van der Waals surface area contributed by atoms with Gasteiger partial charge in [-0.3, -0.25) is 4.98 Å². The highest BCUT2D eigenvalue weighted by Crippen LogP contribution is 2.44. The smallest absolute Gasteiger partial charge is 0.0273 e. The molecular formula is C35H23N. The molecule has 0 radical (unpaired) electrons. The summed E-state index contributed by atoms with van der Waals surface area (Å²) in [4.78, 5) is 4.19. The van der Waals surface area contributed by atoms with Gasteiger partial charge in [0.25, 0.3) is 0 Å². The molecule has 1 aromatic heterocycles. The normalized spacial score (nSPS) is 11.3. The average Bonchev–Trinajstić information content (AvgIpc) is 2.96. The fraction of sp³-hybridized carbons (Fsp3) is 0. The summed E-state index contributed by atoms with van der Waals surface area (Å²) in [6, 6.07) is 46.1. The van der Waals surface area contributed by atoms with E-state index in [0.717, 1.165) is 0 Å². The highest BCUT2D eigenvalue weighted by atomic mass is 14.6. The van der Waals surface area contributed by atoms with E-state index in [9.17, 15) is 0 Å². The van der Waals surface area contributed by atoms with E-state index < -0.39 is 0 Å². The maximum absolute atomic E-state index is 4.19. The molecule has 36 heavy (non-hydrogen) atoms. The summed E-state index contributed by atoms with van der Waals surface area (Å²) < 4.78 is 0. The summed E-state index contributed by atoms with van der Waals surface area (Å²) in [6.45, 7) is 0. The predicted molar refractivity (Wildman–Crippen MR) is 153 cm³/mol. The van der Waals surface area contributed by atoms with Crippen molar-refractivity contribution < 1.29 is 0 Å². The average molecular weight is 458 g/mol. The van der Waals surface area contributed by atoms with Crippen molar-refractivity contribution in [2.45, 2.75) is 0 Å². The number of rotatable bonds is 3. The summed E-state index contributed by atoms with van der Waals surface area (Å²) in [5.74, 6) is 0. The Balaban J connectivity index is 1.55. The molecule has 0 saturated heterocycles. The molecule has 0 saturated carbocycles. The van der Waals surface area contributed by atoms with Gasteiger partial charge in [0.05, 0.1) is 0 Å². The number of pyridine rings is 1. The van der Waals surface area contributed by atoms with Crippen LogP contribution >= 0.6 is 0 Å². The van der Waals surface area contributed by atoms with Crippen LogP contribution in [0.4, 0.5) is 0 Å². The first-order valence-corrected chi connectivity index (χ1v) is 12.3. The second-order valence-electron chi connectivity index (χ2n) is 9.22. The van der Waals surface area contributed by atoms with E-state index in [0.29, 0.717) is 0 Å². The predicted octanol–water partition coefficient (Wildman–Crippen LogP) is 9.54. The third-order valence-electron chi connectivity index (χ3n) is 7.13. The number of aromatic nitrogens is 1. The van der Waals surface area contributed by atoms with Gasteiger partial charge in [0.2, 0.25) is 0 Å². The lowest BCUT2D eigenvalue weighted by Crippen LogP contribution is -1.91. The summed E-state index contributed by atoms with van der Waals surface area (Å²) in [7, 11) is 0. The molecule has 0 amide bonds. The molecule has 0 bridgehead atoms.